The van der Waals surface area contributed by atoms with E-state index in [4.69, 9.17) is 4.74 Å². The van der Waals surface area contributed by atoms with Gasteiger partial charge < -0.3 is 30.3 Å². The van der Waals surface area contributed by atoms with Crippen molar-refractivity contribution in [1.82, 2.24) is 0 Å². The molecular weight excluding hydrogens is 576 g/mol. The Balaban J connectivity index is 1.13. The van der Waals surface area contributed by atoms with Gasteiger partial charge in [-0.25, -0.2) is 0 Å². The monoisotopic (exact) mass is 647 g/mol. The Kier molecular flexibility index (Phi) is 10.4. The Hall–Kier alpha value is -0.240. The van der Waals surface area contributed by atoms with Crippen LogP contribution >= 0.6 is 0 Å². The number of rotatable bonds is 7. The van der Waals surface area contributed by atoms with E-state index in [2.05, 4.69) is 27.7 Å². The van der Waals surface area contributed by atoms with Gasteiger partial charge in [-0.3, -0.25) is 0 Å². The molecule has 0 spiro atoms. The maximum absolute atomic E-state index is 12.4. The second kappa shape index (κ2) is 13.5. The van der Waals surface area contributed by atoms with E-state index in [0.29, 0.717) is 30.3 Å². The average molecular weight is 647 g/mol. The summed E-state index contributed by atoms with van der Waals surface area (Å²) in [6, 6.07) is 0. The molecule has 6 fully saturated rings. The fraction of sp³-hybridized carbons (Fsp3) is 1.00. The van der Waals surface area contributed by atoms with E-state index in [-0.39, 0.29) is 28.6 Å². The summed E-state index contributed by atoms with van der Waals surface area (Å²) in [7, 11) is 1.86. The van der Waals surface area contributed by atoms with Crippen molar-refractivity contribution in [2.75, 3.05) is 7.11 Å². The summed E-state index contributed by atoms with van der Waals surface area (Å²) >= 11 is 0. The summed E-state index contributed by atoms with van der Waals surface area (Å²) in [5.41, 5.74) is -0.981. The molecule has 0 heterocycles. The van der Waals surface area contributed by atoms with Crippen LogP contribution < -0.4 is 0 Å². The van der Waals surface area contributed by atoms with Crippen LogP contribution in [0.2, 0.25) is 0 Å². The lowest BCUT2D eigenvalue weighted by atomic mass is 9.34. The van der Waals surface area contributed by atoms with E-state index in [1.807, 2.05) is 7.11 Å². The highest BCUT2D eigenvalue weighted by Gasteiger charge is 2.71. The number of fused-ring (bicyclic) bond motifs is 3. The molecule has 0 saturated heterocycles. The average Bonchev–Trinajstić information content (AvgIpc) is 2.99. The highest BCUT2D eigenvalue weighted by atomic mass is 16.5. The standard InChI is InChI=1S/C40H70O6/c1-23-35-36(44)34-30(20-38(35,3)22-39(4)21-32(43)33(24(2)41)37(45)40(23,39)5)29(18-19-31(34)42)27-14-10-25(11-15-27)8-7-9-26-12-16-28(46-6)17-13-26/h23-37,41-45H,7-22H2,1-6H3/t23?,24?,25?,26?,27?,28?,29?,30?,31?,32?,33?,34?,35?,36?,37?,38?,39-,40-/m1/s1. The van der Waals surface area contributed by atoms with Gasteiger partial charge in [-0.05, 0) is 130 Å². The summed E-state index contributed by atoms with van der Waals surface area (Å²) < 4.78 is 5.57. The van der Waals surface area contributed by atoms with Gasteiger partial charge in [-0.2, -0.15) is 0 Å². The SMILES string of the molecule is COC1CCC(CCCC2CCC(C3CCC(O)C4C(O)C5C(C)[C@]6(C)C(O)C(C(C)O)C(O)C[C@]6(C)CC5(C)CC34)CC2)CC1. The number of hydrogen-bond donors (Lipinski definition) is 5. The second-order valence-electron chi connectivity index (χ2n) is 18.9. The smallest absolute Gasteiger partial charge is 0.0679 e. The van der Waals surface area contributed by atoms with Gasteiger partial charge >= 0.3 is 0 Å². The largest absolute Gasteiger partial charge is 0.393 e. The molecule has 0 aliphatic heterocycles. The van der Waals surface area contributed by atoms with Crippen LogP contribution in [0.3, 0.4) is 0 Å². The quantitative estimate of drug-likeness (QED) is 0.210. The number of methoxy groups -OCH3 is 1. The van der Waals surface area contributed by atoms with Crippen LogP contribution in [0.1, 0.15) is 137 Å². The molecule has 0 radical (unpaired) electrons. The third kappa shape index (κ3) is 5.97. The topological polar surface area (TPSA) is 110 Å². The van der Waals surface area contributed by atoms with E-state index in [9.17, 15) is 25.5 Å². The molecule has 0 aromatic heterocycles. The van der Waals surface area contributed by atoms with Gasteiger partial charge in [0.05, 0.1) is 36.6 Å². The fourth-order valence-corrected chi connectivity index (χ4v) is 14.1. The lowest BCUT2D eigenvalue weighted by Gasteiger charge is -2.71. The molecule has 266 valence electrons. The van der Waals surface area contributed by atoms with Gasteiger partial charge in [-0.15, -0.1) is 0 Å². The van der Waals surface area contributed by atoms with Gasteiger partial charge in [0.1, 0.15) is 0 Å². The highest BCUT2D eigenvalue weighted by Crippen LogP contribution is 2.72. The summed E-state index contributed by atoms with van der Waals surface area (Å²) in [4.78, 5) is 0. The summed E-state index contributed by atoms with van der Waals surface area (Å²) in [5.74, 6) is 2.63. The van der Waals surface area contributed by atoms with Crippen LogP contribution in [0, 0.1) is 69.5 Å². The molecule has 0 aromatic carbocycles. The minimum Gasteiger partial charge on any atom is -0.393 e. The molecule has 14 atom stereocenters. The molecule has 6 rings (SSSR count). The molecule has 6 nitrogen and oxygen atoms in total. The summed E-state index contributed by atoms with van der Waals surface area (Å²) in [5, 5.41) is 57.5. The molecule has 6 aliphatic carbocycles. The zero-order valence-electron chi connectivity index (χ0n) is 30.1. The maximum atomic E-state index is 12.4. The molecule has 6 aliphatic rings. The zero-order valence-corrected chi connectivity index (χ0v) is 30.1. The van der Waals surface area contributed by atoms with E-state index in [1.54, 1.807) is 6.92 Å². The van der Waals surface area contributed by atoms with Crippen molar-refractivity contribution in [2.45, 2.75) is 174 Å². The van der Waals surface area contributed by atoms with Crippen LogP contribution in [0.15, 0.2) is 0 Å². The first-order valence-electron chi connectivity index (χ1n) is 19.7. The van der Waals surface area contributed by atoms with Gasteiger partial charge in [0.15, 0.2) is 0 Å². The second-order valence-corrected chi connectivity index (χ2v) is 18.9. The van der Waals surface area contributed by atoms with Crippen LogP contribution in [0.5, 0.6) is 0 Å². The van der Waals surface area contributed by atoms with Crippen LogP contribution in [0.25, 0.3) is 0 Å². The van der Waals surface area contributed by atoms with Gasteiger partial charge in [0.25, 0.3) is 0 Å². The van der Waals surface area contributed by atoms with E-state index in [0.717, 1.165) is 37.5 Å². The van der Waals surface area contributed by atoms with Crippen LogP contribution in [-0.4, -0.2) is 69.3 Å². The Labute approximate surface area is 280 Å². The minimum absolute atomic E-state index is 0.00557. The molecule has 6 saturated carbocycles. The number of aliphatic hydroxyl groups is 5. The first-order chi connectivity index (χ1) is 21.7. The molecule has 6 heteroatoms. The van der Waals surface area contributed by atoms with Gasteiger partial charge in [0, 0.05) is 24.4 Å². The molecule has 46 heavy (non-hydrogen) atoms. The fourth-order valence-electron chi connectivity index (χ4n) is 14.1. The molecule has 0 amide bonds. The van der Waals surface area contributed by atoms with Crippen molar-refractivity contribution in [3.05, 3.63) is 0 Å². The van der Waals surface area contributed by atoms with Crippen molar-refractivity contribution in [1.29, 1.82) is 0 Å². The van der Waals surface area contributed by atoms with Crippen LogP contribution in [0.4, 0.5) is 0 Å². The van der Waals surface area contributed by atoms with Crippen molar-refractivity contribution in [3.63, 3.8) is 0 Å². The van der Waals surface area contributed by atoms with Crippen molar-refractivity contribution >= 4 is 0 Å². The lowest BCUT2D eigenvalue weighted by Crippen LogP contribution is -2.71. The van der Waals surface area contributed by atoms with E-state index < -0.39 is 41.9 Å². The van der Waals surface area contributed by atoms with Gasteiger partial charge in [-0.1, -0.05) is 59.8 Å². The van der Waals surface area contributed by atoms with Gasteiger partial charge in [0.2, 0.25) is 0 Å². The zero-order chi connectivity index (χ0) is 33.2. The molecular formula is C40H70O6. The first kappa shape index (κ1) is 35.6. The molecule has 0 bridgehead atoms. The predicted molar refractivity (Wildman–Crippen MR) is 182 cm³/mol. The van der Waals surface area contributed by atoms with E-state index in [1.165, 1.54) is 70.6 Å². The normalized spacial score (nSPS) is 55.1. The minimum atomic E-state index is -0.851. The van der Waals surface area contributed by atoms with Crippen molar-refractivity contribution < 1.29 is 30.3 Å². The summed E-state index contributed by atoms with van der Waals surface area (Å²) in [6.07, 6.45) is 15.9. The Morgan fingerprint density at radius 3 is 1.96 bits per heavy atom. The van der Waals surface area contributed by atoms with Crippen molar-refractivity contribution in [2.24, 2.45) is 69.5 Å². The Bertz CT molecular complexity index is 1020. The Morgan fingerprint density at radius 2 is 1.37 bits per heavy atom. The maximum Gasteiger partial charge on any atom is 0.0679 e. The van der Waals surface area contributed by atoms with Crippen molar-refractivity contribution in [3.8, 4) is 0 Å². The summed E-state index contributed by atoms with van der Waals surface area (Å²) in [6.45, 7) is 10.7. The predicted octanol–water partition coefficient (Wildman–Crippen LogP) is 6.73. The van der Waals surface area contributed by atoms with Crippen LogP contribution in [-0.2, 0) is 4.74 Å². The Morgan fingerprint density at radius 1 is 0.761 bits per heavy atom. The highest BCUT2D eigenvalue weighted by molar-refractivity contribution is 5.19. The lowest BCUT2D eigenvalue weighted by molar-refractivity contribution is -0.289. The number of aliphatic hydroxyl groups excluding tert-OH is 5. The third-order valence-corrected chi connectivity index (χ3v) is 16.6. The first-order valence-corrected chi connectivity index (χ1v) is 19.7. The number of ether oxygens (including phenoxy) is 1. The van der Waals surface area contributed by atoms with E-state index >= 15 is 0 Å². The molecule has 12 unspecified atom stereocenters. The number of hydrogen-bond acceptors (Lipinski definition) is 6. The molecule has 5 N–H and O–H groups in total. The third-order valence-electron chi connectivity index (χ3n) is 16.6. The molecule has 0 aromatic rings.